The Morgan fingerprint density at radius 3 is 2.59 bits per heavy atom. The molecule has 0 bridgehead atoms. The highest BCUT2D eigenvalue weighted by Gasteiger charge is 2.32. The summed E-state index contributed by atoms with van der Waals surface area (Å²) in [6.07, 6.45) is 1.26. The Morgan fingerprint density at radius 1 is 1.19 bits per heavy atom. The van der Waals surface area contributed by atoms with Crippen molar-refractivity contribution in [3.63, 3.8) is 0 Å². The molecule has 2 aromatic rings. The Hall–Kier alpha value is -2.25. The van der Waals surface area contributed by atoms with Crippen molar-refractivity contribution in [1.29, 1.82) is 0 Å². The van der Waals surface area contributed by atoms with Crippen LogP contribution in [0.1, 0.15) is 24.0 Å². The third-order valence-corrected chi connectivity index (χ3v) is 6.65. The highest BCUT2D eigenvalue weighted by atomic mass is 32.2. The van der Waals surface area contributed by atoms with E-state index < -0.39 is 15.9 Å². The van der Waals surface area contributed by atoms with E-state index in [-0.39, 0.29) is 24.0 Å². The molecule has 1 aliphatic heterocycles. The summed E-state index contributed by atoms with van der Waals surface area (Å²) >= 11 is 0. The molecular formula is C20H23FN2O3S. The molecule has 0 aliphatic carbocycles. The van der Waals surface area contributed by atoms with Crippen LogP contribution in [0.15, 0.2) is 48.5 Å². The van der Waals surface area contributed by atoms with Crippen molar-refractivity contribution in [3.05, 3.63) is 65.5 Å². The summed E-state index contributed by atoms with van der Waals surface area (Å²) in [5.74, 6) is -1.10. The highest BCUT2D eigenvalue weighted by molar-refractivity contribution is 7.88. The molecule has 0 radical (unpaired) electrons. The third kappa shape index (κ3) is 4.93. The van der Waals surface area contributed by atoms with Gasteiger partial charge in [0.1, 0.15) is 5.82 Å². The van der Waals surface area contributed by atoms with Gasteiger partial charge >= 0.3 is 0 Å². The Morgan fingerprint density at radius 2 is 1.89 bits per heavy atom. The van der Waals surface area contributed by atoms with E-state index in [1.807, 2.05) is 31.2 Å². The van der Waals surface area contributed by atoms with E-state index in [0.29, 0.717) is 25.1 Å². The van der Waals surface area contributed by atoms with Crippen LogP contribution in [-0.2, 0) is 20.6 Å². The topological polar surface area (TPSA) is 66.5 Å². The first-order valence-electron chi connectivity index (χ1n) is 8.94. The monoisotopic (exact) mass is 390 g/mol. The van der Waals surface area contributed by atoms with Crippen LogP contribution < -0.4 is 5.32 Å². The molecule has 0 spiro atoms. The molecule has 7 heteroatoms. The molecule has 1 heterocycles. The summed E-state index contributed by atoms with van der Waals surface area (Å²) in [5.41, 5.74) is 2.21. The second-order valence-corrected chi connectivity index (χ2v) is 8.84. The first-order valence-corrected chi connectivity index (χ1v) is 10.5. The summed E-state index contributed by atoms with van der Waals surface area (Å²) in [4.78, 5) is 12.5. The normalized spacial score (nSPS) is 18.2. The number of rotatable bonds is 5. The molecule has 144 valence electrons. The van der Waals surface area contributed by atoms with Gasteiger partial charge < -0.3 is 5.32 Å². The number of halogens is 1. The summed E-state index contributed by atoms with van der Waals surface area (Å²) in [6.45, 7) is 2.48. The number of aryl methyl sites for hydroxylation is 1. The minimum Gasteiger partial charge on any atom is -0.326 e. The fraction of sp³-hybridized carbons (Fsp3) is 0.350. The predicted molar refractivity (Wildman–Crippen MR) is 103 cm³/mol. The molecule has 2 aromatic carbocycles. The molecule has 1 saturated heterocycles. The Bertz CT molecular complexity index is 913. The summed E-state index contributed by atoms with van der Waals surface area (Å²) in [5, 5.41) is 2.74. The Kier molecular flexibility index (Phi) is 5.92. The van der Waals surface area contributed by atoms with Gasteiger partial charge in [-0.25, -0.2) is 17.1 Å². The number of sulfonamides is 1. The van der Waals surface area contributed by atoms with Crippen molar-refractivity contribution < 1.29 is 17.6 Å². The second kappa shape index (κ2) is 8.19. The molecule has 0 saturated carbocycles. The number of nitrogens with one attached hydrogen (secondary N) is 1. The van der Waals surface area contributed by atoms with Gasteiger partial charge in [0.05, 0.1) is 11.7 Å². The number of carbonyl (C=O) groups is 1. The molecule has 3 rings (SSSR count). The number of amides is 1. The lowest BCUT2D eigenvalue weighted by molar-refractivity contribution is -0.120. The van der Waals surface area contributed by atoms with E-state index >= 15 is 0 Å². The molecule has 1 N–H and O–H groups in total. The van der Waals surface area contributed by atoms with Crippen LogP contribution >= 0.6 is 0 Å². The highest BCUT2D eigenvalue weighted by Crippen LogP contribution is 2.23. The Labute approximate surface area is 159 Å². The number of anilines is 1. The van der Waals surface area contributed by atoms with E-state index in [1.54, 1.807) is 0 Å². The van der Waals surface area contributed by atoms with Crippen LogP contribution in [0.4, 0.5) is 10.1 Å². The van der Waals surface area contributed by atoms with Crippen molar-refractivity contribution in [1.82, 2.24) is 4.31 Å². The van der Waals surface area contributed by atoms with Crippen molar-refractivity contribution in [2.75, 3.05) is 18.4 Å². The van der Waals surface area contributed by atoms with Gasteiger partial charge in [0.25, 0.3) is 0 Å². The average Bonchev–Trinajstić information content (AvgIpc) is 2.65. The zero-order chi connectivity index (χ0) is 19.4. The first kappa shape index (κ1) is 19.5. The summed E-state index contributed by atoms with van der Waals surface area (Å²) < 4.78 is 40.0. The van der Waals surface area contributed by atoms with Crippen LogP contribution in [0, 0.1) is 18.7 Å². The van der Waals surface area contributed by atoms with Crippen LogP contribution in [0.2, 0.25) is 0 Å². The van der Waals surface area contributed by atoms with Gasteiger partial charge in [-0.15, -0.1) is 0 Å². The van der Waals surface area contributed by atoms with Crippen molar-refractivity contribution in [2.24, 2.45) is 5.92 Å². The SMILES string of the molecule is Cc1ccccc1CS(=O)(=O)N1CCC[C@@H](C(=O)Nc2ccc(F)cc2)C1. The minimum absolute atomic E-state index is 0.0635. The smallest absolute Gasteiger partial charge is 0.228 e. The number of nitrogens with zero attached hydrogens (tertiary/aromatic N) is 1. The molecule has 1 fully saturated rings. The number of hydrogen-bond donors (Lipinski definition) is 1. The lowest BCUT2D eigenvalue weighted by atomic mass is 9.99. The van der Waals surface area contributed by atoms with E-state index in [1.165, 1.54) is 28.6 Å². The van der Waals surface area contributed by atoms with Gasteiger partial charge in [0, 0.05) is 18.8 Å². The molecule has 5 nitrogen and oxygen atoms in total. The molecule has 1 amide bonds. The first-order chi connectivity index (χ1) is 12.8. The zero-order valence-electron chi connectivity index (χ0n) is 15.2. The van der Waals surface area contributed by atoms with E-state index in [2.05, 4.69) is 5.32 Å². The summed E-state index contributed by atoms with van der Waals surface area (Å²) in [6, 6.07) is 12.9. The van der Waals surface area contributed by atoms with Gasteiger partial charge in [-0.1, -0.05) is 24.3 Å². The lowest BCUT2D eigenvalue weighted by Gasteiger charge is -2.31. The standard InChI is InChI=1S/C20H23FN2O3S/c1-15-5-2-3-6-17(15)14-27(25,26)23-12-4-7-16(13-23)20(24)22-19-10-8-18(21)9-11-19/h2-3,5-6,8-11,16H,4,7,12-14H2,1H3,(H,22,24)/t16-/m1/s1. The fourth-order valence-corrected chi connectivity index (χ4v) is 4.96. The largest absolute Gasteiger partial charge is 0.326 e. The maximum absolute atomic E-state index is 13.0. The van der Waals surface area contributed by atoms with Gasteiger partial charge in [-0.3, -0.25) is 4.79 Å². The van der Waals surface area contributed by atoms with Gasteiger partial charge in [-0.05, 0) is 55.2 Å². The number of carbonyl (C=O) groups excluding carboxylic acids is 1. The molecular weight excluding hydrogens is 367 g/mol. The average molecular weight is 390 g/mol. The molecule has 0 unspecified atom stereocenters. The molecule has 1 atom stereocenters. The van der Waals surface area contributed by atoms with Crippen molar-refractivity contribution in [2.45, 2.75) is 25.5 Å². The van der Waals surface area contributed by atoms with E-state index in [0.717, 1.165) is 11.1 Å². The zero-order valence-corrected chi connectivity index (χ0v) is 16.0. The Balaban J connectivity index is 1.66. The maximum Gasteiger partial charge on any atom is 0.228 e. The van der Waals surface area contributed by atoms with E-state index in [4.69, 9.17) is 0 Å². The predicted octanol–water partition coefficient (Wildman–Crippen LogP) is 3.31. The molecule has 0 aromatic heterocycles. The van der Waals surface area contributed by atoms with E-state index in [9.17, 15) is 17.6 Å². The van der Waals surface area contributed by atoms with Crippen LogP contribution in [0.5, 0.6) is 0 Å². The number of hydrogen-bond acceptors (Lipinski definition) is 3. The minimum atomic E-state index is -3.50. The van der Waals surface area contributed by atoms with Gasteiger partial charge in [-0.2, -0.15) is 0 Å². The van der Waals surface area contributed by atoms with Crippen LogP contribution in [-0.4, -0.2) is 31.7 Å². The van der Waals surface area contributed by atoms with Crippen molar-refractivity contribution >= 4 is 21.6 Å². The van der Waals surface area contributed by atoms with Crippen LogP contribution in [0.25, 0.3) is 0 Å². The third-order valence-electron chi connectivity index (χ3n) is 4.86. The summed E-state index contributed by atoms with van der Waals surface area (Å²) in [7, 11) is -3.50. The number of piperidine rings is 1. The van der Waals surface area contributed by atoms with Crippen LogP contribution in [0.3, 0.4) is 0 Å². The number of benzene rings is 2. The quantitative estimate of drug-likeness (QED) is 0.852. The second-order valence-electron chi connectivity index (χ2n) is 6.88. The van der Waals surface area contributed by atoms with Crippen molar-refractivity contribution in [3.8, 4) is 0 Å². The molecule has 27 heavy (non-hydrogen) atoms. The fourth-order valence-electron chi connectivity index (χ4n) is 3.25. The molecule has 1 aliphatic rings. The lowest BCUT2D eigenvalue weighted by Crippen LogP contribution is -2.44. The van der Waals surface area contributed by atoms with Gasteiger partial charge in [0.2, 0.25) is 15.9 Å². The maximum atomic E-state index is 13.0. The van der Waals surface area contributed by atoms with Gasteiger partial charge in [0.15, 0.2) is 0 Å².